The van der Waals surface area contributed by atoms with E-state index in [1.165, 1.54) is 25.7 Å². The van der Waals surface area contributed by atoms with Gasteiger partial charge >= 0.3 is 6.03 Å². The second kappa shape index (κ2) is 4.30. The third-order valence-electron chi connectivity index (χ3n) is 4.31. The number of aryl methyl sites for hydroxylation is 2. The van der Waals surface area contributed by atoms with E-state index in [-0.39, 0.29) is 6.03 Å². The lowest BCUT2D eigenvalue weighted by Gasteiger charge is -2.50. The maximum atomic E-state index is 12.1. The molecule has 2 amide bonds. The van der Waals surface area contributed by atoms with Gasteiger partial charge in [-0.15, -0.1) is 0 Å². The largest absolute Gasteiger partial charge is 0.323 e. The highest BCUT2D eigenvalue weighted by molar-refractivity contribution is 5.89. The van der Waals surface area contributed by atoms with Gasteiger partial charge in [0.15, 0.2) is 5.82 Å². The lowest BCUT2D eigenvalue weighted by molar-refractivity contribution is 0.0255. The van der Waals surface area contributed by atoms with Crippen LogP contribution in [0.2, 0.25) is 0 Å². The fraction of sp³-hybridized carbons (Fsp3) is 0.692. The quantitative estimate of drug-likeness (QED) is 0.827. The van der Waals surface area contributed by atoms with Crippen molar-refractivity contribution in [3.05, 3.63) is 11.8 Å². The highest BCUT2D eigenvalue weighted by Crippen LogP contribution is 2.37. The molecule has 0 spiro atoms. The molecule has 0 unspecified atom stereocenters. The predicted molar refractivity (Wildman–Crippen MR) is 69.4 cm³/mol. The molecule has 1 saturated carbocycles. The van der Waals surface area contributed by atoms with Crippen molar-refractivity contribution in [2.45, 2.75) is 38.6 Å². The number of carbonyl (C=O) groups excluding carboxylic acids is 1. The molecule has 2 heterocycles. The van der Waals surface area contributed by atoms with Crippen molar-refractivity contribution < 1.29 is 4.79 Å². The van der Waals surface area contributed by atoms with Crippen LogP contribution in [0.15, 0.2) is 6.07 Å². The van der Waals surface area contributed by atoms with Crippen molar-refractivity contribution in [1.82, 2.24) is 14.7 Å². The zero-order chi connectivity index (χ0) is 12.7. The van der Waals surface area contributed by atoms with Crippen LogP contribution in [0.1, 0.15) is 31.4 Å². The van der Waals surface area contributed by atoms with E-state index in [2.05, 4.69) is 10.4 Å². The van der Waals surface area contributed by atoms with Gasteiger partial charge in [0.25, 0.3) is 0 Å². The van der Waals surface area contributed by atoms with E-state index in [1.807, 2.05) is 24.9 Å². The normalized spacial score (nSPS) is 26.4. The van der Waals surface area contributed by atoms with Crippen molar-refractivity contribution in [1.29, 1.82) is 0 Å². The van der Waals surface area contributed by atoms with Crippen molar-refractivity contribution in [2.24, 2.45) is 13.0 Å². The Morgan fingerprint density at radius 1 is 1.44 bits per heavy atom. The van der Waals surface area contributed by atoms with E-state index < -0.39 is 0 Å². The summed E-state index contributed by atoms with van der Waals surface area (Å²) in [5.74, 6) is 1.40. The van der Waals surface area contributed by atoms with Gasteiger partial charge in [0.05, 0.1) is 0 Å². The van der Waals surface area contributed by atoms with Crippen LogP contribution in [-0.2, 0) is 7.05 Å². The Hall–Kier alpha value is -1.52. The number of aromatic nitrogens is 2. The number of anilines is 1. The van der Waals surface area contributed by atoms with Crippen molar-refractivity contribution in [2.75, 3.05) is 11.9 Å². The van der Waals surface area contributed by atoms with Crippen LogP contribution in [0.5, 0.6) is 0 Å². The average molecular weight is 248 g/mol. The second-order valence-electron chi connectivity index (χ2n) is 5.49. The number of hydrogen-bond donors (Lipinski definition) is 1. The van der Waals surface area contributed by atoms with Gasteiger partial charge in [-0.05, 0) is 25.7 Å². The van der Waals surface area contributed by atoms with Gasteiger partial charge < -0.3 is 4.90 Å². The highest BCUT2D eigenvalue weighted by atomic mass is 16.2. The zero-order valence-electron chi connectivity index (χ0n) is 11.0. The van der Waals surface area contributed by atoms with Crippen LogP contribution in [0, 0.1) is 12.8 Å². The fourth-order valence-electron chi connectivity index (χ4n) is 3.10. The predicted octanol–water partition coefficient (Wildman–Crippen LogP) is 2.13. The Morgan fingerprint density at radius 3 is 2.89 bits per heavy atom. The molecule has 2 fully saturated rings. The standard InChI is InChI=1S/C13H20N4O/c1-9-7-12(15-16(9)2)14-13(18)17-8-10-5-3-4-6-11(10)17/h7,10-11H,3-6,8H2,1-2H3,(H,14,15,18)/t10-,11-/m0/s1. The number of carbonyl (C=O) groups is 1. The molecule has 0 aromatic carbocycles. The number of nitrogens with zero attached hydrogens (tertiary/aromatic N) is 3. The van der Waals surface area contributed by atoms with Gasteiger partial charge in [-0.1, -0.05) is 12.8 Å². The third-order valence-corrected chi connectivity index (χ3v) is 4.31. The first-order chi connectivity index (χ1) is 8.65. The van der Waals surface area contributed by atoms with E-state index in [0.29, 0.717) is 11.9 Å². The van der Waals surface area contributed by atoms with Crippen LogP contribution < -0.4 is 5.32 Å². The molecule has 2 aliphatic rings. The molecule has 1 N–H and O–H groups in total. The van der Waals surface area contributed by atoms with Gasteiger partial charge in [-0.3, -0.25) is 10.00 Å². The minimum absolute atomic E-state index is 0.0104. The molecule has 2 atom stereocenters. The van der Waals surface area contributed by atoms with Gasteiger partial charge in [0.1, 0.15) is 0 Å². The lowest BCUT2D eigenvalue weighted by atomic mass is 9.77. The van der Waals surface area contributed by atoms with Gasteiger partial charge in [-0.25, -0.2) is 4.79 Å². The topological polar surface area (TPSA) is 50.2 Å². The molecule has 1 aromatic heterocycles. The first-order valence-corrected chi connectivity index (χ1v) is 6.73. The fourth-order valence-corrected chi connectivity index (χ4v) is 3.10. The van der Waals surface area contributed by atoms with E-state index in [9.17, 15) is 4.79 Å². The summed E-state index contributed by atoms with van der Waals surface area (Å²) < 4.78 is 1.77. The van der Waals surface area contributed by atoms with E-state index in [4.69, 9.17) is 0 Å². The van der Waals surface area contributed by atoms with Gasteiger partial charge in [0.2, 0.25) is 0 Å². The van der Waals surface area contributed by atoms with Crippen LogP contribution in [0.4, 0.5) is 10.6 Å². The van der Waals surface area contributed by atoms with E-state index in [1.54, 1.807) is 4.68 Å². The Morgan fingerprint density at radius 2 is 2.22 bits per heavy atom. The van der Waals surface area contributed by atoms with Crippen LogP contribution in [0.25, 0.3) is 0 Å². The summed E-state index contributed by atoms with van der Waals surface area (Å²) in [5, 5.41) is 7.15. The number of nitrogens with one attached hydrogen (secondary N) is 1. The van der Waals surface area contributed by atoms with Gasteiger partial charge in [-0.2, -0.15) is 5.10 Å². The summed E-state index contributed by atoms with van der Waals surface area (Å²) >= 11 is 0. The molecule has 18 heavy (non-hydrogen) atoms. The minimum atomic E-state index is 0.0104. The highest BCUT2D eigenvalue weighted by Gasteiger charge is 2.42. The number of fused-ring (bicyclic) bond motifs is 1. The monoisotopic (exact) mass is 248 g/mol. The summed E-state index contributed by atoms with van der Waals surface area (Å²) in [4.78, 5) is 14.1. The Balaban J connectivity index is 1.62. The van der Waals surface area contributed by atoms with Crippen LogP contribution >= 0.6 is 0 Å². The molecule has 5 nitrogen and oxygen atoms in total. The van der Waals surface area contributed by atoms with E-state index in [0.717, 1.165) is 18.2 Å². The summed E-state index contributed by atoms with van der Waals surface area (Å²) in [6.07, 6.45) is 5.04. The average Bonchev–Trinajstić information content (AvgIpc) is 2.59. The number of likely N-dealkylation sites (tertiary alicyclic amines) is 1. The first kappa shape index (κ1) is 11.6. The third kappa shape index (κ3) is 1.87. The Bertz CT molecular complexity index is 448. The maximum absolute atomic E-state index is 12.1. The Labute approximate surface area is 107 Å². The minimum Gasteiger partial charge on any atom is -0.321 e. The molecule has 0 radical (unpaired) electrons. The van der Waals surface area contributed by atoms with Crippen molar-refractivity contribution in [3.8, 4) is 0 Å². The molecule has 1 saturated heterocycles. The molecule has 3 rings (SSSR count). The molecule has 1 aromatic rings. The van der Waals surface area contributed by atoms with Crippen LogP contribution in [0.3, 0.4) is 0 Å². The molecule has 1 aliphatic carbocycles. The first-order valence-electron chi connectivity index (χ1n) is 6.73. The second-order valence-corrected chi connectivity index (χ2v) is 5.49. The number of amides is 2. The van der Waals surface area contributed by atoms with Crippen molar-refractivity contribution >= 4 is 11.8 Å². The summed E-state index contributed by atoms with van der Waals surface area (Å²) in [5.41, 5.74) is 1.05. The molecule has 98 valence electrons. The number of urea groups is 1. The number of rotatable bonds is 1. The summed E-state index contributed by atoms with van der Waals surface area (Å²) in [6.45, 7) is 2.89. The summed E-state index contributed by atoms with van der Waals surface area (Å²) in [6, 6.07) is 2.38. The number of hydrogen-bond acceptors (Lipinski definition) is 2. The molecular formula is C13H20N4O. The maximum Gasteiger partial charge on any atom is 0.323 e. The van der Waals surface area contributed by atoms with Crippen LogP contribution in [-0.4, -0.2) is 33.3 Å². The SMILES string of the molecule is Cc1cc(NC(=O)N2C[C@@H]3CCCC[C@@H]32)nn1C. The zero-order valence-corrected chi connectivity index (χ0v) is 11.0. The molecule has 1 aliphatic heterocycles. The smallest absolute Gasteiger partial charge is 0.321 e. The molecule has 0 bridgehead atoms. The van der Waals surface area contributed by atoms with Gasteiger partial charge in [0, 0.05) is 31.4 Å². The molecule has 5 heteroatoms. The van der Waals surface area contributed by atoms with Crippen molar-refractivity contribution in [3.63, 3.8) is 0 Å². The molecular weight excluding hydrogens is 228 g/mol. The summed E-state index contributed by atoms with van der Waals surface area (Å²) in [7, 11) is 1.88. The lowest BCUT2D eigenvalue weighted by Crippen LogP contribution is -2.60. The Kier molecular flexibility index (Phi) is 2.76. The van der Waals surface area contributed by atoms with E-state index >= 15 is 0 Å².